The van der Waals surface area contributed by atoms with E-state index >= 15 is 0 Å². The molecule has 7 heteroatoms. The van der Waals surface area contributed by atoms with Gasteiger partial charge in [-0.1, -0.05) is 28.1 Å². The predicted octanol–water partition coefficient (Wildman–Crippen LogP) is 2.76. The van der Waals surface area contributed by atoms with Crippen LogP contribution in [-0.2, 0) is 16.6 Å². The standard InChI is InChI=1S/C16H12BrNO5/c1-22-16(21)12-6-9(23-13(12)7-17)8-18-14(19)10-4-2-3-5-11(10)15(18)20/h2-6H,7-8H2,1H3. The van der Waals surface area contributed by atoms with Crippen molar-refractivity contribution in [2.75, 3.05) is 7.11 Å². The minimum Gasteiger partial charge on any atom is -0.465 e. The SMILES string of the molecule is COC(=O)c1cc(CN2C(=O)c3ccccc3C2=O)oc1CBr. The zero-order valence-corrected chi connectivity index (χ0v) is 13.8. The molecule has 1 aliphatic rings. The molecule has 0 saturated heterocycles. The van der Waals surface area contributed by atoms with Gasteiger partial charge in [0.05, 0.1) is 30.1 Å². The fraction of sp³-hybridized carbons (Fsp3) is 0.188. The highest BCUT2D eigenvalue weighted by atomic mass is 79.9. The Labute approximate surface area is 140 Å². The van der Waals surface area contributed by atoms with Gasteiger partial charge in [-0.3, -0.25) is 14.5 Å². The number of nitrogens with zero attached hydrogens (tertiary/aromatic N) is 1. The zero-order chi connectivity index (χ0) is 16.6. The summed E-state index contributed by atoms with van der Waals surface area (Å²) in [4.78, 5) is 37.5. The molecule has 0 unspecified atom stereocenters. The third-order valence-corrected chi connectivity index (χ3v) is 4.09. The number of alkyl halides is 1. The number of hydrogen-bond acceptors (Lipinski definition) is 5. The van der Waals surface area contributed by atoms with E-state index in [2.05, 4.69) is 20.7 Å². The van der Waals surface area contributed by atoms with Crippen molar-refractivity contribution in [3.8, 4) is 0 Å². The van der Waals surface area contributed by atoms with Gasteiger partial charge in [-0.05, 0) is 18.2 Å². The van der Waals surface area contributed by atoms with E-state index in [0.29, 0.717) is 28.0 Å². The Morgan fingerprint density at radius 2 is 1.83 bits per heavy atom. The molecular formula is C16H12BrNO5. The molecule has 0 radical (unpaired) electrons. The van der Waals surface area contributed by atoms with Gasteiger partial charge < -0.3 is 9.15 Å². The van der Waals surface area contributed by atoms with Crippen LogP contribution in [-0.4, -0.2) is 29.8 Å². The van der Waals surface area contributed by atoms with Gasteiger partial charge in [0.15, 0.2) is 0 Å². The molecule has 0 aliphatic carbocycles. The Kier molecular flexibility index (Phi) is 4.04. The number of rotatable bonds is 4. The highest BCUT2D eigenvalue weighted by Gasteiger charge is 2.36. The van der Waals surface area contributed by atoms with Crippen LogP contribution >= 0.6 is 15.9 Å². The van der Waals surface area contributed by atoms with Crippen molar-refractivity contribution < 1.29 is 23.5 Å². The average Bonchev–Trinajstić information content (AvgIpc) is 3.09. The first-order valence-corrected chi connectivity index (χ1v) is 7.90. The van der Waals surface area contributed by atoms with Crippen LogP contribution in [0, 0.1) is 0 Å². The van der Waals surface area contributed by atoms with Gasteiger partial charge in [0.25, 0.3) is 11.8 Å². The molecule has 6 nitrogen and oxygen atoms in total. The van der Waals surface area contributed by atoms with Crippen molar-refractivity contribution in [2.45, 2.75) is 11.9 Å². The summed E-state index contributed by atoms with van der Waals surface area (Å²) in [6.45, 7) is -0.0384. The molecule has 0 bridgehead atoms. The first-order valence-electron chi connectivity index (χ1n) is 6.78. The lowest BCUT2D eigenvalue weighted by molar-refractivity contribution is 0.0594. The molecule has 2 heterocycles. The second kappa shape index (κ2) is 6.00. The van der Waals surface area contributed by atoms with Crippen LogP contribution in [0.2, 0.25) is 0 Å². The normalized spacial score (nSPS) is 13.4. The van der Waals surface area contributed by atoms with Gasteiger partial charge in [0.2, 0.25) is 0 Å². The fourth-order valence-electron chi connectivity index (χ4n) is 2.48. The molecule has 118 valence electrons. The van der Waals surface area contributed by atoms with Crippen molar-refractivity contribution in [2.24, 2.45) is 0 Å². The number of imide groups is 1. The van der Waals surface area contributed by atoms with E-state index in [0.717, 1.165) is 4.90 Å². The Hall–Kier alpha value is -2.41. The molecule has 0 N–H and O–H groups in total. The molecule has 1 aromatic heterocycles. The molecule has 2 amide bonds. The largest absolute Gasteiger partial charge is 0.465 e. The lowest BCUT2D eigenvalue weighted by Gasteiger charge is -2.11. The molecule has 0 atom stereocenters. The fourth-order valence-corrected chi connectivity index (χ4v) is 2.90. The Bertz CT molecular complexity index is 776. The van der Waals surface area contributed by atoms with E-state index in [-0.39, 0.29) is 23.9 Å². The predicted molar refractivity (Wildman–Crippen MR) is 83.3 cm³/mol. The van der Waals surface area contributed by atoms with E-state index in [1.807, 2.05) is 0 Å². The third-order valence-electron chi connectivity index (χ3n) is 3.58. The number of benzene rings is 1. The van der Waals surface area contributed by atoms with Crippen molar-refractivity contribution in [1.82, 2.24) is 4.90 Å². The molecule has 3 rings (SSSR count). The molecule has 0 saturated carbocycles. The van der Waals surface area contributed by atoms with Crippen molar-refractivity contribution in [1.29, 1.82) is 0 Å². The first kappa shape index (κ1) is 15.5. The molecule has 0 fully saturated rings. The van der Waals surface area contributed by atoms with Gasteiger partial charge in [-0.25, -0.2) is 4.79 Å². The maximum Gasteiger partial charge on any atom is 0.341 e. The quantitative estimate of drug-likeness (QED) is 0.465. The molecule has 0 spiro atoms. The van der Waals surface area contributed by atoms with E-state index in [1.165, 1.54) is 13.2 Å². The highest BCUT2D eigenvalue weighted by molar-refractivity contribution is 9.08. The molecule has 2 aromatic rings. The van der Waals surface area contributed by atoms with E-state index < -0.39 is 5.97 Å². The highest BCUT2D eigenvalue weighted by Crippen LogP contribution is 2.26. The summed E-state index contributed by atoms with van der Waals surface area (Å²) in [5.41, 5.74) is 1.02. The minimum absolute atomic E-state index is 0.0384. The first-order chi connectivity index (χ1) is 11.1. The second-order valence-corrected chi connectivity index (χ2v) is 5.48. The maximum atomic E-state index is 12.3. The van der Waals surface area contributed by atoms with Crippen molar-refractivity contribution >= 4 is 33.7 Å². The van der Waals surface area contributed by atoms with Gasteiger partial charge in [-0.15, -0.1) is 0 Å². The van der Waals surface area contributed by atoms with Crippen LogP contribution in [0.15, 0.2) is 34.7 Å². The van der Waals surface area contributed by atoms with Crippen LogP contribution in [0.1, 0.15) is 42.6 Å². The van der Waals surface area contributed by atoms with Gasteiger partial charge in [-0.2, -0.15) is 0 Å². The van der Waals surface area contributed by atoms with Gasteiger partial charge in [0.1, 0.15) is 17.1 Å². The van der Waals surface area contributed by atoms with Crippen molar-refractivity contribution in [3.05, 3.63) is 58.5 Å². The summed E-state index contributed by atoms with van der Waals surface area (Å²) in [5, 5.41) is 0.319. The Balaban J connectivity index is 1.89. The Morgan fingerprint density at radius 3 is 2.35 bits per heavy atom. The minimum atomic E-state index is -0.531. The molecular weight excluding hydrogens is 366 g/mol. The van der Waals surface area contributed by atoms with Gasteiger partial charge in [0, 0.05) is 0 Å². The number of ether oxygens (including phenoxy) is 1. The van der Waals surface area contributed by atoms with Crippen LogP contribution in [0.25, 0.3) is 0 Å². The van der Waals surface area contributed by atoms with Gasteiger partial charge >= 0.3 is 5.97 Å². The second-order valence-electron chi connectivity index (χ2n) is 4.92. The summed E-state index contributed by atoms with van der Waals surface area (Å²) in [5.74, 6) is -0.543. The van der Waals surface area contributed by atoms with Crippen LogP contribution in [0.4, 0.5) is 0 Å². The summed E-state index contributed by atoms with van der Waals surface area (Å²) in [7, 11) is 1.27. The lowest BCUT2D eigenvalue weighted by Crippen LogP contribution is -2.28. The monoisotopic (exact) mass is 377 g/mol. The average molecular weight is 378 g/mol. The topological polar surface area (TPSA) is 76.8 Å². The number of fused-ring (bicyclic) bond motifs is 1. The number of esters is 1. The molecule has 1 aliphatic heterocycles. The summed E-state index contributed by atoms with van der Waals surface area (Å²) in [6.07, 6.45) is 0. The number of halogens is 1. The van der Waals surface area contributed by atoms with E-state index in [1.54, 1.807) is 24.3 Å². The zero-order valence-electron chi connectivity index (χ0n) is 12.2. The third kappa shape index (κ3) is 2.57. The number of furan rings is 1. The maximum absolute atomic E-state index is 12.3. The number of methoxy groups -OCH3 is 1. The number of carbonyl (C=O) groups excluding carboxylic acids is 3. The number of hydrogen-bond donors (Lipinski definition) is 0. The van der Waals surface area contributed by atoms with Crippen LogP contribution in [0.5, 0.6) is 0 Å². The van der Waals surface area contributed by atoms with E-state index in [9.17, 15) is 14.4 Å². The molecule has 1 aromatic carbocycles. The van der Waals surface area contributed by atoms with Crippen LogP contribution < -0.4 is 0 Å². The molecule has 23 heavy (non-hydrogen) atoms. The Morgan fingerprint density at radius 1 is 1.22 bits per heavy atom. The number of carbonyl (C=O) groups is 3. The summed E-state index contributed by atoms with van der Waals surface area (Å²) in [6, 6.07) is 8.13. The summed E-state index contributed by atoms with van der Waals surface area (Å²) < 4.78 is 10.2. The van der Waals surface area contributed by atoms with Crippen LogP contribution in [0.3, 0.4) is 0 Å². The summed E-state index contributed by atoms with van der Waals surface area (Å²) >= 11 is 3.23. The number of amides is 2. The lowest BCUT2D eigenvalue weighted by atomic mass is 10.1. The van der Waals surface area contributed by atoms with Crippen molar-refractivity contribution in [3.63, 3.8) is 0 Å². The van der Waals surface area contributed by atoms with E-state index in [4.69, 9.17) is 4.42 Å². The smallest absolute Gasteiger partial charge is 0.341 e.